The lowest BCUT2D eigenvalue weighted by Crippen LogP contribution is -2.51. The van der Waals surface area contributed by atoms with Crippen LogP contribution in [0.15, 0.2) is 97.1 Å². The number of benzene rings is 3. The molecule has 0 aliphatic rings. The van der Waals surface area contributed by atoms with Crippen LogP contribution in [0.1, 0.15) is 43.4 Å². The number of esters is 1. The molecule has 1 aromatic heterocycles. The lowest BCUT2D eigenvalue weighted by atomic mass is 9.81. The zero-order valence-corrected chi connectivity index (χ0v) is 22.0. The predicted molar refractivity (Wildman–Crippen MR) is 146 cm³/mol. The molecule has 6 nitrogen and oxygen atoms in total. The van der Waals surface area contributed by atoms with Gasteiger partial charge in [0.05, 0.1) is 0 Å². The Morgan fingerprint density at radius 3 is 1.73 bits per heavy atom. The summed E-state index contributed by atoms with van der Waals surface area (Å²) >= 11 is 0. The first kappa shape index (κ1) is 27.6. The van der Waals surface area contributed by atoms with Crippen molar-refractivity contribution in [3.63, 3.8) is 0 Å². The van der Waals surface area contributed by atoms with Crippen LogP contribution in [0.4, 0.5) is 0 Å². The maximum atomic E-state index is 13.8. The number of hydrogen-bond donors (Lipinski definition) is 0. The van der Waals surface area contributed by atoms with Crippen molar-refractivity contribution in [2.45, 2.75) is 46.0 Å². The normalized spacial score (nSPS) is 11.6. The average molecular weight is 501 g/mol. The van der Waals surface area contributed by atoms with Gasteiger partial charge in [0.25, 0.3) is 0 Å². The SMILES string of the molecule is CC.COC(c1ccccc1)(c1ccccc1)[C@H](Oc1nc(C)cc(C)n1)C(=O)OCc1ccccc1.[HH]. The zero-order valence-electron chi connectivity index (χ0n) is 22.0. The van der Waals surface area contributed by atoms with E-state index in [2.05, 4.69) is 9.97 Å². The van der Waals surface area contributed by atoms with Gasteiger partial charge in [-0.1, -0.05) is 105 Å². The summed E-state index contributed by atoms with van der Waals surface area (Å²) in [5, 5.41) is 0. The topological polar surface area (TPSA) is 70.5 Å². The molecule has 0 saturated heterocycles. The number of nitrogens with zero attached hydrogens (tertiary/aromatic N) is 2. The highest BCUT2D eigenvalue weighted by Gasteiger charge is 2.50. The Hall–Kier alpha value is -4.03. The molecule has 0 fully saturated rings. The predicted octanol–water partition coefficient (Wildman–Crippen LogP) is 6.45. The molecule has 0 spiro atoms. The average Bonchev–Trinajstić information content (AvgIpc) is 2.94. The van der Waals surface area contributed by atoms with E-state index in [1.54, 1.807) is 7.11 Å². The van der Waals surface area contributed by atoms with Gasteiger partial charge < -0.3 is 14.2 Å². The Labute approximate surface area is 220 Å². The van der Waals surface area contributed by atoms with E-state index in [9.17, 15) is 4.79 Å². The number of hydrogen-bond acceptors (Lipinski definition) is 6. The molecule has 0 radical (unpaired) electrons. The second-order valence-corrected chi connectivity index (χ2v) is 8.20. The van der Waals surface area contributed by atoms with E-state index in [4.69, 9.17) is 14.2 Å². The Morgan fingerprint density at radius 1 is 0.811 bits per heavy atom. The number of ether oxygens (including phenoxy) is 3. The molecule has 0 aliphatic heterocycles. The molecule has 1 heterocycles. The second kappa shape index (κ2) is 13.3. The van der Waals surface area contributed by atoms with Crippen LogP contribution in [0.3, 0.4) is 0 Å². The zero-order chi connectivity index (χ0) is 26.7. The van der Waals surface area contributed by atoms with E-state index in [-0.39, 0.29) is 14.0 Å². The summed E-state index contributed by atoms with van der Waals surface area (Å²) < 4.78 is 18.2. The summed E-state index contributed by atoms with van der Waals surface area (Å²) in [6.07, 6.45) is -1.23. The first-order valence-electron chi connectivity index (χ1n) is 12.4. The van der Waals surface area contributed by atoms with Crippen LogP contribution in [0.2, 0.25) is 0 Å². The number of carbonyl (C=O) groups excluding carboxylic acids is 1. The molecule has 3 aromatic carbocycles. The molecule has 4 aromatic rings. The molecular formula is C31H36N2O4. The minimum absolute atomic E-state index is 0. The lowest BCUT2D eigenvalue weighted by Gasteiger charge is -2.38. The summed E-state index contributed by atoms with van der Waals surface area (Å²) in [5.74, 6) is -0.592. The number of carbonyl (C=O) groups is 1. The standard InChI is InChI=1S/C29H28N2O4.C2H6.H2/c1-21-19-22(2)31-28(30-21)35-26(27(32)34-20-23-13-7-4-8-14-23)29(33-3,24-15-9-5-10-16-24)25-17-11-6-12-18-25;1-2;/h4-19,26H,20H2,1-3H3;1-2H3;1H/t26-;;/m1../s1. The van der Waals surface area contributed by atoms with E-state index < -0.39 is 17.7 Å². The molecule has 0 amide bonds. The van der Waals surface area contributed by atoms with Gasteiger partial charge in [-0.05, 0) is 36.6 Å². The van der Waals surface area contributed by atoms with E-state index in [0.29, 0.717) is 0 Å². The van der Waals surface area contributed by atoms with Crippen LogP contribution >= 0.6 is 0 Å². The van der Waals surface area contributed by atoms with Gasteiger partial charge in [-0.3, -0.25) is 0 Å². The summed E-state index contributed by atoms with van der Waals surface area (Å²) in [7, 11) is 1.56. The molecule has 6 heteroatoms. The van der Waals surface area contributed by atoms with Crippen molar-refractivity contribution in [3.8, 4) is 6.01 Å². The van der Waals surface area contributed by atoms with Gasteiger partial charge in [-0.25, -0.2) is 14.8 Å². The Balaban J connectivity index is 0.00000165. The fraction of sp³-hybridized carbons (Fsp3) is 0.258. The highest BCUT2D eigenvalue weighted by molar-refractivity contribution is 5.78. The quantitative estimate of drug-likeness (QED) is 0.246. The first-order chi connectivity index (χ1) is 18.0. The van der Waals surface area contributed by atoms with E-state index in [1.165, 1.54) is 0 Å². The van der Waals surface area contributed by atoms with Gasteiger partial charge in [-0.15, -0.1) is 0 Å². The molecule has 194 valence electrons. The Kier molecular flexibility index (Phi) is 9.92. The summed E-state index contributed by atoms with van der Waals surface area (Å²) in [6, 6.07) is 30.4. The number of aryl methyl sites for hydroxylation is 2. The van der Waals surface area contributed by atoms with Crippen LogP contribution in [0, 0.1) is 13.8 Å². The van der Waals surface area contributed by atoms with Crippen molar-refractivity contribution in [1.82, 2.24) is 9.97 Å². The maximum absolute atomic E-state index is 13.8. The highest BCUT2D eigenvalue weighted by Crippen LogP contribution is 2.39. The van der Waals surface area contributed by atoms with Crippen LogP contribution in [0.25, 0.3) is 0 Å². The van der Waals surface area contributed by atoms with Crippen molar-refractivity contribution < 1.29 is 20.4 Å². The van der Waals surface area contributed by atoms with E-state index in [0.717, 1.165) is 28.1 Å². The van der Waals surface area contributed by atoms with Crippen LogP contribution in [0.5, 0.6) is 6.01 Å². The van der Waals surface area contributed by atoms with Crippen molar-refractivity contribution in [2.24, 2.45) is 0 Å². The molecule has 0 saturated carbocycles. The summed E-state index contributed by atoms with van der Waals surface area (Å²) in [6.45, 7) is 7.79. The monoisotopic (exact) mass is 500 g/mol. The Morgan fingerprint density at radius 2 is 1.27 bits per heavy atom. The maximum Gasteiger partial charge on any atom is 0.351 e. The van der Waals surface area contributed by atoms with Crippen LogP contribution in [-0.2, 0) is 26.5 Å². The third kappa shape index (κ3) is 6.60. The van der Waals surface area contributed by atoms with Gasteiger partial charge >= 0.3 is 12.0 Å². The smallest absolute Gasteiger partial charge is 0.351 e. The minimum Gasteiger partial charge on any atom is -0.458 e. The van der Waals surface area contributed by atoms with E-state index in [1.807, 2.05) is 125 Å². The Bertz CT molecular complexity index is 1200. The highest BCUT2D eigenvalue weighted by atomic mass is 16.6. The summed E-state index contributed by atoms with van der Waals surface area (Å²) in [5.41, 5.74) is 2.47. The van der Waals surface area contributed by atoms with Crippen molar-refractivity contribution >= 4 is 5.97 Å². The van der Waals surface area contributed by atoms with Crippen LogP contribution in [-0.4, -0.2) is 29.2 Å². The fourth-order valence-electron chi connectivity index (χ4n) is 4.14. The van der Waals surface area contributed by atoms with Gasteiger partial charge in [0.2, 0.25) is 6.10 Å². The molecule has 0 bridgehead atoms. The molecular weight excluding hydrogens is 464 g/mol. The van der Waals surface area contributed by atoms with Crippen molar-refractivity contribution in [2.75, 3.05) is 7.11 Å². The van der Waals surface area contributed by atoms with Gasteiger partial charge in [0.15, 0.2) is 5.60 Å². The van der Waals surface area contributed by atoms with Crippen molar-refractivity contribution in [1.29, 1.82) is 0 Å². The van der Waals surface area contributed by atoms with Gasteiger partial charge in [0, 0.05) is 19.9 Å². The molecule has 37 heavy (non-hydrogen) atoms. The third-order valence-electron chi connectivity index (χ3n) is 5.72. The third-order valence-corrected chi connectivity index (χ3v) is 5.72. The largest absolute Gasteiger partial charge is 0.458 e. The molecule has 0 unspecified atom stereocenters. The lowest BCUT2D eigenvalue weighted by molar-refractivity contribution is -0.168. The molecule has 0 aliphatic carbocycles. The first-order valence-corrected chi connectivity index (χ1v) is 12.4. The number of methoxy groups -OCH3 is 1. The van der Waals surface area contributed by atoms with E-state index >= 15 is 0 Å². The minimum atomic E-state index is -1.32. The van der Waals surface area contributed by atoms with Gasteiger partial charge in [0.1, 0.15) is 6.61 Å². The molecule has 4 rings (SSSR count). The molecule has 1 atom stereocenters. The fourth-order valence-corrected chi connectivity index (χ4v) is 4.14. The number of aromatic nitrogens is 2. The van der Waals surface area contributed by atoms with Crippen LogP contribution < -0.4 is 4.74 Å². The van der Waals surface area contributed by atoms with Gasteiger partial charge in [-0.2, -0.15) is 0 Å². The summed E-state index contributed by atoms with van der Waals surface area (Å²) in [4.78, 5) is 22.6. The number of rotatable bonds is 9. The molecule has 0 N–H and O–H groups in total. The van der Waals surface area contributed by atoms with Crippen molar-refractivity contribution in [3.05, 3.63) is 125 Å². The second-order valence-electron chi connectivity index (χ2n) is 8.20.